The Hall–Kier alpha value is -8.06. The maximum Gasteiger partial charge on any atom is 0.198 e. The standard InChI is InChI=1S/C58H36BN3OS/c1-3-17-37(18-4-1)61(38-19-5-2-6-20-38)39-29-30-48-51(33-39)62(50-26-14-25-44-40-21-9-11-27-52(40)63-57(44)50)56-54(59-48)46(34-47-41-22-10-12-28-53(41)64-58(47)56)43-24-13-23-42-45-31-35-15-7-8-16-36(35)32-49(45)60-55(42)43/h1-34,59-60H. The van der Waals surface area contributed by atoms with Crippen LogP contribution in [0, 0.1) is 0 Å². The van der Waals surface area contributed by atoms with E-state index in [4.69, 9.17) is 4.42 Å². The molecule has 0 bridgehead atoms. The van der Waals surface area contributed by atoms with E-state index in [9.17, 15) is 0 Å². The van der Waals surface area contributed by atoms with Gasteiger partial charge in [-0.05, 0) is 94.6 Å². The number of H-pyrrole nitrogens is 1. The highest BCUT2D eigenvalue weighted by Gasteiger charge is 2.34. The highest BCUT2D eigenvalue weighted by Crippen LogP contribution is 2.51. The Morgan fingerprint density at radius 3 is 2.00 bits per heavy atom. The third-order valence-electron chi connectivity index (χ3n) is 13.4. The van der Waals surface area contributed by atoms with Crippen molar-refractivity contribution in [2.75, 3.05) is 9.80 Å². The predicted octanol–water partition coefficient (Wildman–Crippen LogP) is 15.0. The lowest BCUT2D eigenvalue weighted by molar-refractivity contribution is 0.669. The van der Waals surface area contributed by atoms with Gasteiger partial charge in [0.2, 0.25) is 0 Å². The molecule has 0 aliphatic carbocycles. The number of aromatic amines is 1. The van der Waals surface area contributed by atoms with E-state index in [2.05, 4.69) is 221 Å². The first-order chi connectivity index (χ1) is 31.7. The van der Waals surface area contributed by atoms with Crippen LogP contribution in [-0.2, 0) is 0 Å². The van der Waals surface area contributed by atoms with Gasteiger partial charge in [0.05, 0.1) is 21.6 Å². The second-order valence-corrected chi connectivity index (χ2v) is 18.0. The fourth-order valence-electron chi connectivity index (χ4n) is 10.5. The monoisotopic (exact) mass is 833 g/mol. The third kappa shape index (κ3) is 5.24. The Bertz CT molecular complexity index is 3980. The molecule has 0 atom stereocenters. The number of thiophene rings is 1. The van der Waals surface area contributed by atoms with Crippen molar-refractivity contribution in [3.05, 3.63) is 206 Å². The van der Waals surface area contributed by atoms with E-state index in [1.807, 2.05) is 11.3 Å². The fourth-order valence-corrected chi connectivity index (χ4v) is 11.7. The molecule has 4 heterocycles. The van der Waals surface area contributed by atoms with Crippen LogP contribution in [0.3, 0.4) is 0 Å². The number of para-hydroxylation sites is 5. The summed E-state index contributed by atoms with van der Waals surface area (Å²) < 4.78 is 9.48. The number of furan rings is 1. The maximum atomic E-state index is 6.94. The number of rotatable bonds is 5. The molecule has 1 aliphatic heterocycles. The molecular formula is C58H36BN3OS. The molecule has 0 radical (unpaired) electrons. The Morgan fingerprint density at radius 1 is 0.484 bits per heavy atom. The number of nitrogens with zero attached hydrogens (tertiary/aromatic N) is 2. The summed E-state index contributed by atoms with van der Waals surface area (Å²) in [5, 5.41) is 9.69. The van der Waals surface area contributed by atoms with E-state index in [0.29, 0.717) is 0 Å². The molecule has 298 valence electrons. The molecule has 1 aliphatic rings. The van der Waals surface area contributed by atoms with Crippen molar-refractivity contribution in [1.29, 1.82) is 0 Å². The van der Waals surface area contributed by atoms with E-state index in [0.717, 1.165) is 68.7 Å². The first kappa shape index (κ1) is 35.5. The molecule has 0 saturated heterocycles. The summed E-state index contributed by atoms with van der Waals surface area (Å²) in [6.07, 6.45) is 0. The van der Waals surface area contributed by atoms with Gasteiger partial charge in [-0.25, -0.2) is 0 Å². The highest BCUT2D eigenvalue weighted by atomic mass is 32.1. The zero-order valence-electron chi connectivity index (χ0n) is 34.5. The van der Waals surface area contributed by atoms with Crippen LogP contribution in [0.1, 0.15) is 0 Å². The van der Waals surface area contributed by atoms with Crippen LogP contribution in [0.4, 0.5) is 34.1 Å². The average Bonchev–Trinajstić information content (AvgIpc) is 4.04. The summed E-state index contributed by atoms with van der Waals surface area (Å²) in [5.41, 5.74) is 15.7. The van der Waals surface area contributed by atoms with Gasteiger partial charge in [-0.15, -0.1) is 11.3 Å². The largest absolute Gasteiger partial charge is 0.454 e. The lowest BCUT2D eigenvalue weighted by Crippen LogP contribution is -2.41. The minimum Gasteiger partial charge on any atom is -0.454 e. The number of aromatic nitrogens is 1. The zero-order valence-corrected chi connectivity index (χ0v) is 35.4. The van der Waals surface area contributed by atoms with Gasteiger partial charge in [0.15, 0.2) is 12.9 Å². The smallest absolute Gasteiger partial charge is 0.198 e. The second-order valence-electron chi connectivity index (χ2n) is 16.9. The Labute approximate surface area is 373 Å². The van der Waals surface area contributed by atoms with Crippen LogP contribution in [-0.4, -0.2) is 12.3 Å². The van der Waals surface area contributed by atoms with Crippen molar-refractivity contribution in [3.63, 3.8) is 0 Å². The summed E-state index contributed by atoms with van der Waals surface area (Å²) in [6, 6.07) is 75.0. The van der Waals surface area contributed by atoms with Gasteiger partial charge in [0.25, 0.3) is 0 Å². The molecule has 6 heteroatoms. The number of benzene rings is 10. The predicted molar refractivity (Wildman–Crippen MR) is 275 cm³/mol. The molecule has 0 amide bonds. The van der Waals surface area contributed by atoms with Crippen LogP contribution in [0.15, 0.2) is 211 Å². The molecule has 64 heavy (non-hydrogen) atoms. The molecule has 10 aromatic carbocycles. The minimum atomic E-state index is 0.758. The van der Waals surface area contributed by atoms with Crippen LogP contribution >= 0.6 is 11.3 Å². The molecule has 14 rings (SSSR count). The number of fused-ring (bicyclic) bond motifs is 13. The van der Waals surface area contributed by atoms with Crippen molar-refractivity contribution < 1.29 is 4.42 Å². The molecular weight excluding hydrogens is 798 g/mol. The van der Waals surface area contributed by atoms with Gasteiger partial charge in [0.1, 0.15) is 5.58 Å². The summed E-state index contributed by atoms with van der Waals surface area (Å²) >= 11 is 1.89. The zero-order chi connectivity index (χ0) is 41.9. The van der Waals surface area contributed by atoms with Gasteiger partial charge >= 0.3 is 0 Å². The molecule has 0 unspecified atom stereocenters. The summed E-state index contributed by atoms with van der Waals surface area (Å²) in [5.74, 6) is 0. The molecule has 3 aromatic heterocycles. The van der Waals surface area contributed by atoms with Gasteiger partial charge in [-0.2, -0.15) is 0 Å². The van der Waals surface area contributed by atoms with Crippen LogP contribution < -0.4 is 20.7 Å². The van der Waals surface area contributed by atoms with Gasteiger partial charge in [0, 0.05) is 70.8 Å². The van der Waals surface area contributed by atoms with Gasteiger partial charge < -0.3 is 19.2 Å². The normalized spacial score (nSPS) is 12.5. The van der Waals surface area contributed by atoms with E-state index in [-0.39, 0.29) is 0 Å². The van der Waals surface area contributed by atoms with Crippen LogP contribution in [0.5, 0.6) is 0 Å². The van der Waals surface area contributed by atoms with Crippen molar-refractivity contribution in [3.8, 4) is 11.1 Å². The van der Waals surface area contributed by atoms with E-state index in [1.165, 1.54) is 69.5 Å². The number of nitrogens with one attached hydrogen (secondary N) is 1. The summed E-state index contributed by atoms with van der Waals surface area (Å²) in [4.78, 5) is 8.84. The molecule has 13 aromatic rings. The average molecular weight is 834 g/mol. The maximum absolute atomic E-state index is 6.94. The molecule has 0 fully saturated rings. The minimum absolute atomic E-state index is 0.758. The molecule has 0 saturated carbocycles. The molecule has 1 N–H and O–H groups in total. The Morgan fingerprint density at radius 2 is 1.17 bits per heavy atom. The van der Waals surface area contributed by atoms with Gasteiger partial charge in [-0.3, -0.25) is 0 Å². The first-order valence-electron chi connectivity index (χ1n) is 21.9. The van der Waals surface area contributed by atoms with Crippen molar-refractivity contribution in [2.45, 2.75) is 0 Å². The van der Waals surface area contributed by atoms with E-state index >= 15 is 0 Å². The Balaban J connectivity index is 1.10. The number of hydrogen-bond donors (Lipinski definition) is 1. The van der Waals surface area contributed by atoms with Crippen LogP contribution in [0.25, 0.3) is 85.8 Å². The Kier molecular flexibility index (Phi) is 7.62. The number of hydrogen-bond acceptors (Lipinski definition) is 4. The second kappa shape index (κ2) is 13.7. The third-order valence-corrected chi connectivity index (χ3v) is 14.5. The summed E-state index contributed by atoms with van der Waals surface area (Å²) in [7, 11) is 0.758. The van der Waals surface area contributed by atoms with Gasteiger partial charge in [-0.1, -0.05) is 139 Å². The molecule has 4 nitrogen and oxygen atoms in total. The van der Waals surface area contributed by atoms with Crippen molar-refractivity contribution >= 4 is 138 Å². The SMILES string of the molecule is B1c2ccc(N(c3ccccc3)c3ccccc3)cc2N(c2cccc3c2oc2ccccc23)c2c1c(-c1cccc3c1[nH]c1cc4ccccc4cc13)cc1c2sc2ccccc21. The summed E-state index contributed by atoms with van der Waals surface area (Å²) in [6.45, 7) is 0. The first-order valence-corrected chi connectivity index (χ1v) is 22.7. The number of anilines is 6. The lowest BCUT2D eigenvalue weighted by Gasteiger charge is -2.36. The molecule has 0 spiro atoms. The highest BCUT2D eigenvalue weighted by molar-refractivity contribution is 7.26. The van der Waals surface area contributed by atoms with E-state index in [1.54, 1.807) is 0 Å². The fraction of sp³-hybridized carbons (Fsp3) is 0. The van der Waals surface area contributed by atoms with E-state index < -0.39 is 0 Å². The topological polar surface area (TPSA) is 35.4 Å². The van der Waals surface area contributed by atoms with Crippen molar-refractivity contribution in [2.24, 2.45) is 0 Å². The van der Waals surface area contributed by atoms with Crippen LogP contribution in [0.2, 0.25) is 0 Å². The lowest BCUT2D eigenvalue weighted by atomic mass is 9.58. The quantitative estimate of drug-likeness (QED) is 0.176. The van der Waals surface area contributed by atoms with Crippen molar-refractivity contribution in [1.82, 2.24) is 4.98 Å².